The van der Waals surface area contributed by atoms with Crippen molar-refractivity contribution in [1.82, 2.24) is 10.6 Å². The van der Waals surface area contributed by atoms with Gasteiger partial charge in [0.1, 0.15) is 0 Å². The first kappa shape index (κ1) is 20.3. The molecule has 2 N–H and O–H groups in total. The summed E-state index contributed by atoms with van der Waals surface area (Å²) < 4.78 is 5.52. The zero-order chi connectivity index (χ0) is 14.1. The van der Waals surface area contributed by atoms with Crippen LogP contribution in [0.4, 0.5) is 0 Å². The third-order valence-corrected chi connectivity index (χ3v) is 4.44. The van der Waals surface area contributed by atoms with Crippen LogP contribution in [0.15, 0.2) is 4.99 Å². The predicted octanol–water partition coefficient (Wildman–Crippen LogP) is 2.87. The Labute approximate surface area is 145 Å². The molecule has 1 rings (SSSR count). The fourth-order valence-electron chi connectivity index (χ4n) is 2.27. The second kappa shape index (κ2) is 11.9. The van der Waals surface area contributed by atoms with E-state index in [1.807, 2.05) is 18.8 Å². The average molecular weight is 415 g/mol. The molecule has 1 aliphatic rings. The van der Waals surface area contributed by atoms with Gasteiger partial charge in [0, 0.05) is 31.5 Å². The summed E-state index contributed by atoms with van der Waals surface area (Å²) >= 11 is 1.98. The van der Waals surface area contributed by atoms with E-state index in [1.165, 1.54) is 19.3 Å². The van der Waals surface area contributed by atoms with Gasteiger partial charge in [-0.3, -0.25) is 4.99 Å². The van der Waals surface area contributed by atoms with Gasteiger partial charge in [0.15, 0.2) is 5.96 Å². The van der Waals surface area contributed by atoms with Crippen molar-refractivity contribution < 1.29 is 4.74 Å². The zero-order valence-electron chi connectivity index (χ0n) is 13.1. The molecule has 0 aliphatic heterocycles. The molecule has 120 valence electrons. The maximum atomic E-state index is 5.52. The summed E-state index contributed by atoms with van der Waals surface area (Å²) in [5.41, 5.74) is 0. The largest absolute Gasteiger partial charge is 0.379 e. The average Bonchev–Trinajstić information content (AvgIpc) is 2.84. The lowest BCUT2D eigenvalue weighted by atomic mass is 10.2. The Balaban J connectivity index is 0.00000361. The van der Waals surface area contributed by atoms with Crippen LogP contribution in [0.3, 0.4) is 0 Å². The van der Waals surface area contributed by atoms with Crippen LogP contribution in [0.1, 0.15) is 39.5 Å². The van der Waals surface area contributed by atoms with Gasteiger partial charge in [0.2, 0.25) is 0 Å². The Hall–Kier alpha value is 0.310. The van der Waals surface area contributed by atoms with Crippen LogP contribution in [-0.4, -0.2) is 49.8 Å². The molecular weight excluding hydrogens is 385 g/mol. The summed E-state index contributed by atoms with van der Waals surface area (Å²) in [6.07, 6.45) is 7.35. The molecular formula is C14H30IN3OS. The van der Waals surface area contributed by atoms with Crippen LogP contribution in [0.5, 0.6) is 0 Å². The fourth-order valence-corrected chi connectivity index (χ4v) is 3.07. The first-order valence-corrected chi connectivity index (χ1v) is 8.56. The number of aliphatic imine (C=N–C) groups is 1. The number of rotatable bonds is 7. The normalized spacial score (nSPS) is 22.8. The zero-order valence-corrected chi connectivity index (χ0v) is 16.3. The molecule has 0 amide bonds. The number of hydrogen-bond donors (Lipinski definition) is 2. The summed E-state index contributed by atoms with van der Waals surface area (Å²) in [6.45, 7) is 5.84. The third kappa shape index (κ3) is 8.56. The van der Waals surface area contributed by atoms with Crippen molar-refractivity contribution in [3.63, 3.8) is 0 Å². The van der Waals surface area contributed by atoms with Gasteiger partial charge >= 0.3 is 0 Å². The van der Waals surface area contributed by atoms with Gasteiger partial charge in [-0.2, -0.15) is 11.8 Å². The van der Waals surface area contributed by atoms with E-state index < -0.39 is 0 Å². The van der Waals surface area contributed by atoms with Crippen molar-refractivity contribution in [3.05, 3.63) is 0 Å². The molecule has 1 fully saturated rings. The predicted molar refractivity (Wildman–Crippen MR) is 101 cm³/mol. The summed E-state index contributed by atoms with van der Waals surface area (Å²) in [6, 6.07) is 0.579. The van der Waals surface area contributed by atoms with Crippen LogP contribution in [0.25, 0.3) is 0 Å². The highest BCUT2D eigenvalue weighted by molar-refractivity contribution is 14.0. The van der Waals surface area contributed by atoms with Gasteiger partial charge in [0.25, 0.3) is 0 Å². The first-order valence-electron chi connectivity index (χ1n) is 7.27. The van der Waals surface area contributed by atoms with E-state index in [2.05, 4.69) is 35.7 Å². The van der Waals surface area contributed by atoms with Crippen molar-refractivity contribution in [2.24, 2.45) is 4.99 Å². The Morgan fingerprint density at radius 2 is 2.15 bits per heavy atom. The van der Waals surface area contributed by atoms with Crippen LogP contribution >= 0.6 is 35.7 Å². The number of nitrogens with one attached hydrogen (secondary N) is 2. The fraction of sp³-hybridized carbons (Fsp3) is 0.929. The van der Waals surface area contributed by atoms with E-state index in [4.69, 9.17) is 4.74 Å². The van der Waals surface area contributed by atoms with Crippen molar-refractivity contribution in [1.29, 1.82) is 0 Å². The SMILES string of the molecule is CN=C(NCCCOC(C)C)NC1CCC(SC)C1.I. The lowest BCUT2D eigenvalue weighted by molar-refractivity contribution is 0.0776. The van der Waals surface area contributed by atoms with Crippen molar-refractivity contribution in [2.75, 3.05) is 26.5 Å². The van der Waals surface area contributed by atoms with Crippen LogP contribution in [0, 0.1) is 0 Å². The highest BCUT2D eigenvalue weighted by Gasteiger charge is 2.24. The Kier molecular flexibility index (Phi) is 12.1. The van der Waals surface area contributed by atoms with Crippen molar-refractivity contribution in [3.8, 4) is 0 Å². The number of guanidine groups is 1. The van der Waals surface area contributed by atoms with E-state index in [-0.39, 0.29) is 24.0 Å². The molecule has 0 aromatic rings. The van der Waals surface area contributed by atoms with Gasteiger partial charge in [-0.05, 0) is 45.8 Å². The molecule has 2 atom stereocenters. The Morgan fingerprint density at radius 1 is 1.40 bits per heavy atom. The molecule has 0 radical (unpaired) electrons. The monoisotopic (exact) mass is 415 g/mol. The van der Waals surface area contributed by atoms with E-state index >= 15 is 0 Å². The standard InChI is InChI=1S/C14H29N3OS.HI/c1-11(2)18-9-5-8-16-14(15-3)17-12-6-7-13(10-12)19-4;/h11-13H,5-10H2,1-4H3,(H2,15,16,17);1H. The number of nitrogens with zero attached hydrogens (tertiary/aromatic N) is 1. The van der Waals surface area contributed by atoms with Crippen LogP contribution < -0.4 is 10.6 Å². The van der Waals surface area contributed by atoms with Crippen LogP contribution in [0.2, 0.25) is 0 Å². The number of thioether (sulfide) groups is 1. The van der Waals surface area contributed by atoms with Gasteiger partial charge in [-0.1, -0.05) is 0 Å². The Morgan fingerprint density at radius 3 is 2.70 bits per heavy atom. The molecule has 20 heavy (non-hydrogen) atoms. The molecule has 0 heterocycles. The van der Waals surface area contributed by atoms with Gasteiger partial charge in [-0.25, -0.2) is 0 Å². The quantitative estimate of drug-likeness (QED) is 0.291. The summed E-state index contributed by atoms with van der Waals surface area (Å²) in [5.74, 6) is 0.927. The van der Waals surface area contributed by atoms with Crippen molar-refractivity contribution in [2.45, 2.75) is 56.9 Å². The lowest BCUT2D eigenvalue weighted by Gasteiger charge is -2.17. The van der Waals surface area contributed by atoms with E-state index in [0.717, 1.165) is 30.8 Å². The molecule has 1 saturated carbocycles. The minimum absolute atomic E-state index is 0. The van der Waals surface area contributed by atoms with Gasteiger partial charge in [0.05, 0.1) is 6.10 Å². The topological polar surface area (TPSA) is 45.7 Å². The van der Waals surface area contributed by atoms with E-state index in [9.17, 15) is 0 Å². The van der Waals surface area contributed by atoms with Gasteiger partial charge < -0.3 is 15.4 Å². The first-order chi connectivity index (χ1) is 9.15. The molecule has 0 spiro atoms. The number of ether oxygens (including phenoxy) is 1. The minimum atomic E-state index is 0. The molecule has 2 unspecified atom stereocenters. The molecule has 1 aliphatic carbocycles. The van der Waals surface area contributed by atoms with Crippen molar-refractivity contribution >= 4 is 41.7 Å². The van der Waals surface area contributed by atoms with E-state index in [1.54, 1.807) is 0 Å². The molecule has 4 nitrogen and oxygen atoms in total. The second-order valence-electron chi connectivity index (χ2n) is 5.28. The Bertz CT molecular complexity index is 277. The molecule has 0 saturated heterocycles. The lowest BCUT2D eigenvalue weighted by Crippen LogP contribution is -2.43. The second-order valence-corrected chi connectivity index (χ2v) is 6.42. The maximum Gasteiger partial charge on any atom is 0.191 e. The summed E-state index contributed by atoms with van der Waals surface area (Å²) in [7, 11) is 1.83. The highest BCUT2D eigenvalue weighted by atomic mass is 127. The summed E-state index contributed by atoms with van der Waals surface area (Å²) in [5, 5.41) is 7.68. The molecule has 6 heteroatoms. The van der Waals surface area contributed by atoms with Gasteiger partial charge in [-0.15, -0.1) is 24.0 Å². The maximum absolute atomic E-state index is 5.52. The number of hydrogen-bond acceptors (Lipinski definition) is 3. The summed E-state index contributed by atoms with van der Waals surface area (Å²) in [4.78, 5) is 4.28. The molecule has 0 bridgehead atoms. The highest BCUT2D eigenvalue weighted by Crippen LogP contribution is 2.27. The molecule has 0 aromatic carbocycles. The van der Waals surface area contributed by atoms with E-state index in [0.29, 0.717) is 12.1 Å². The minimum Gasteiger partial charge on any atom is -0.379 e. The molecule has 0 aromatic heterocycles. The number of halogens is 1. The smallest absolute Gasteiger partial charge is 0.191 e. The third-order valence-electron chi connectivity index (χ3n) is 3.35. The van der Waals surface area contributed by atoms with Crippen LogP contribution in [-0.2, 0) is 4.74 Å².